The fourth-order valence-corrected chi connectivity index (χ4v) is 1.37. The standard InChI is InChI=1S/C7H14O.C4H10O/c8-6-7-4-2-1-3-5-7;1-4(2,3)5/h7-8H,1-6H2;5H,1-3H3. The van der Waals surface area contributed by atoms with E-state index in [0.717, 1.165) is 0 Å². The molecule has 2 N–H and O–H groups in total. The first-order valence-corrected chi connectivity index (χ1v) is 5.26. The van der Waals surface area contributed by atoms with Crippen LogP contribution in [0.15, 0.2) is 0 Å². The third kappa shape index (κ3) is 11.9. The molecule has 80 valence electrons. The topological polar surface area (TPSA) is 40.5 Å². The van der Waals surface area contributed by atoms with Gasteiger partial charge in [-0.25, -0.2) is 0 Å². The lowest BCUT2D eigenvalue weighted by atomic mass is 9.90. The number of aliphatic hydroxyl groups excluding tert-OH is 1. The van der Waals surface area contributed by atoms with Gasteiger partial charge in [0.1, 0.15) is 0 Å². The molecule has 0 aromatic heterocycles. The van der Waals surface area contributed by atoms with E-state index in [2.05, 4.69) is 0 Å². The van der Waals surface area contributed by atoms with Gasteiger partial charge >= 0.3 is 0 Å². The Bertz CT molecular complexity index is 104. The zero-order valence-corrected chi connectivity index (χ0v) is 9.21. The van der Waals surface area contributed by atoms with Crippen LogP contribution in [0, 0.1) is 5.92 Å². The van der Waals surface area contributed by atoms with Gasteiger partial charge in [-0.05, 0) is 39.5 Å². The second-order valence-corrected chi connectivity index (χ2v) is 4.86. The van der Waals surface area contributed by atoms with Crippen LogP contribution in [0.2, 0.25) is 0 Å². The lowest BCUT2D eigenvalue weighted by Crippen LogP contribution is -2.10. The number of hydrogen-bond donors (Lipinski definition) is 2. The summed E-state index contributed by atoms with van der Waals surface area (Å²) in [4.78, 5) is 0. The molecule has 1 rings (SSSR count). The molecule has 0 radical (unpaired) electrons. The van der Waals surface area contributed by atoms with Crippen molar-refractivity contribution in [3.63, 3.8) is 0 Å². The Morgan fingerprint density at radius 1 is 1.08 bits per heavy atom. The van der Waals surface area contributed by atoms with E-state index >= 15 is 0 Å². The van der Waals surface area contributed by atoms with Crippen LogP contribution in [0.5, 0.6) is 0 Å². The fourth-order valence-electron chi connectivity index (χ4n) is 1.37. The first-order chi connectivity index (χ1) is 5.93. The van der Waals surface area contributed by atoms with Crippen LogP contribution in [0.3, 0.4) is 0 Å². The molecule has 0 heterocycles. The van der Waals surface area contributed by atoms with Crippen molar-refractivity contribution in [3.8, 4) is 0 Å². The van der Waals surface area contributed by atoms with E-state index in [1.165, 1.54) is 32.1 Å². The highest BCUT2D eigenvalue weighted by Gasteiger charge is 2.10. The van der Waals surface area contributed by atoms with Crippen LogP contribution in [0.4, 0.5) is 0 Å². The molecule has 1 aliphatic carbocycles. The molecule has 2 nitrogen and oxygen atoms in total. The van der Waals surface area contributed by atoms with Crippen molar-refractivity contribution >= 4 is 0 Å². The lowest BCUT2D eigenvalue weighted by molar-refractivity contribution is 0.102. The maximum Gasteiger partial charge on any atom is 0.0563 e. The van der Waals surface area contributed by atoms with E-state index in [-0.39, 0.29) is 0 Å². The van der Waals surface area contributed by atoms with Gasteiger partial charge in [0.2, 0.25) is 0 Å². The Balaban J connectivity index is 0.000000252. The van der Waals surface area contributed by atoms with Gasteiger partial charge in [0.15, 0.2) is 0 Å². The summed E-state index contributed by atoms with van der Waals surface area (Å²) < 4.78 is 0. The van der Waals surface area contributed by atoms with Gasteiger partial charge in [-0.1, -0.05) is 19.3 Å². The average molecular weight is 188 g/mol. The molecular formula is C11H24O2. The summed E-state index contributed by atoms with van der Waals surface area (Å²) in [6, 6.07) is 0. The summed E-state index contributed by atoms with van der Waals surface area (Å²) in [7, 11) is 0. The van der Waals surface area contributed by atoms with Crippen molar-refractivity contribution < 1.29 is 10.2 Å². The lowest BCUT2D eigenvalue weighted by Gasteiger charge is -2.18. The van der Waals surface area contributed by atoms with Gasteiger partial charge in [-0.15, -0.1) is 0 Å². The number of aliphatic hydroxyl groups is 2. The largest absolute Gasteiger partial charge is 0.396 e. The van der Waals surface area contributed by atoms with E-state index in [1.54, 1.807) is 20.8 Å². The van der Waals surface area contributed by atoms with E-state index in [9.17, 15) is 0 Å². The Labute approximate surface area is 82.0 Å². The molecule has 0 atom stereocenters. The third-order valence-corrected chi connectivity index (χ3v) is 1.98. The number of hydrogen-bond acceptors (Lipinski definition) is 2. The highest BCUT2D eigenvalue weighted by Crippen LogP contribution is 2.22. The van der Waals surface area contributed by atoms with Gasteiger partial charge in [-0.3, -0.25) is 0 Å². The highest BCUT2D eigenvalue weighted by molar-refractivity contribution is 4.63. The van der Waals surface area contributed by atoms with Gasteiger partial charge < -0.3 is 10.2 Å². The van der Waals surface area contributed by atoms with Crippen LogP contribution in [0.25, 0.3) is 0 Å². The second-order valence-electron chi connectivity index (χ2n) is 4.86. The molecule has 1 aliphatic rings. The molecule has 0 spiro atoms. The molecular weight excluding hydrogens is 164 g/mol. The SMILES string of the molecule is CC(C)(C)O.OCC1CCCCC1. The molecule has 13 heavy (non-hydrogen) atoms. The zero-order valence-electron chi connectivity index (χ0n) is 9.21. The summed E-state index contributed by atoms with van der Waals surface area (Å²) in [5.41, 5.74) is -0.500. The fraction of sp³-hybridized carbons (Fsp3) is 1.00. The monoisotopic (exact) mass is 188 g/mol. The predicted octanol–water partition coefficient (Wildman–Crippen LogP) is 2.34. The minimum atomic E-state index is -0.500. The van der Waals surface area contributed by atoms with E-state index < -0.39 is 5.60 Å². The Morgan fingerprint density at radius 3 is 1.69 bits per heavy atom. The molecule has 0 amide bonds. The molecule has 0 unspecified atom stereocenters. The van der Waals surface area contributed by atoms with Crippen molar-refractivity contribution in [2.24, 2.45) is 5.92 Å². The first kappa shape index (κ1) is 12.9. The van der Waals surface area contributed by atoms with Gasteiger partial charge in [-0.2, -0.15) is 0 Å². The summed E-state index contributed by atoms with van der Waals surface area (Å²) in [5.74, 6) is 0.642. The van der Waals surface area contributed by atoms with Crippen molar-refractivity contribution in [3.05, 3.63) is 0 Å². The second kappa shape index (κ2) is 6.39. The summed E-state index contributed by atoms with van der Waals surface area (Å²) in [6.07, 6.45) is 6.58. The van der Waals surface area contributed by atoms with Gasteiger partial charge in [0, 0.05) is 6.61 Å². The average Bonchev–Trinajstić information content (AvgIpc) is 2.03. The van der Waals surface area contributed by atoms with Crippen LogP contribution in [-0.4, -0.2) is 22.4 Å². The van der Waals surface area contributed by atoms with Crippen LogP contribution < -0.4 is 0 Å². The Hall–Kier alpha value is -0.0800. The Morgan fingerprint density at radius 2 is 1.46 bits per heavy atom. The van der Waals surface area contributed by atoms with Crippen molar-refractivity contribution in [1.29, 1.82) is 0 Å². The maximum absolute atomic E-state index is 8.69. The maximum atomic E-state index is 8.69. The minimum Gasteiger partial charge on any atom is -0.396 e. The van der Waals surface area contributed by atoms with Crippen LogP contribution >= 0.6 is 0 Å². The molecule has 0 saturated heterocycles. The molecule has 0 bridgehead atoms. The molecule has 1 fully saturated rings. The molecule has 0 aromatic carbocycles. The molecule has 1 saturated carbocycles. The highest BCUT2D eigenvalue weighted by atomic mass is 16.3. The van der Waals surface area contributed by atoms with E-state index in [1.807, 2.05) is 0 Å². The number of rotatable bonds is 1. The van der Waals surface area contributed by atoms with E-state index in [0.29, 0.717) is 12.5 Å². The molecule has 0 aliphatic heterocycles. The normalized spacial score (nSPS) is 19.2. The van der Waals surface area contributed by atoms with E-state index in [4.69, 9.17) is 10.2 Å². The van der Waals surface area contributed by atoms with Crippen molar-refractivity contribution in [2.75, 3.05) is 6.61 Å². The van der Waals surface area contributed by atoms with Crippen LogP contribution in [-0.2, 0) is 0 Å². The summed E-state index contributed by atoms with van der Waals surface area (Å²) in [5, 5.41) is 17.2. The smallest absolute Gasteiger partial charge is 0.0563 e. The molecule has 2 heteroatoms. The van der Waals surface area contributed by atoms with Gasteiger partial charge in [0.25, 0.3) is 0 Å². The minimum absolute atomic E-state index is 0.417. The van der Waals surface area contributed by atoms with Gasteiger partial charge in [0.05, 0.1) is 5.60 Å². The zero-order chi connectivity index (χ0) is 10.3. The van der Waals surface area contributed by atoms with Crippen LogP contribution in [0.1, 0.15) is 52.9 Å². The summed E-state index contributed by atoms with van der Waals surface area (Å²) in [6.45, 7) is 5.65. The third-order valence-electron chi connectivity index (χ3n) is 1.98. The first-order valence-electron chi connectivity index (χ1n) is 5.26. The quantitative estimate of drug-likeness (QED) is 0.663. The predicted molar refractivity (Wildman–Crippen MR) is 55.6 cm³/mol. The van der Waals surface area contributed by atoms with Crippen molar-refractivity contribution in [2.45, 2.75) is 58.5 Å². The summed E-state index contributed by atoms with van der Waals surface area (Å²) >= 11 is 0. The Kier molecular flexibility index (Phi) is 6.35. The van der Waals surface area contributed by atoms with Crippen molar-refractivity contribution in [1.82, 2.24) is 0 Å². The molecule has 0 aromatic rings.